The van der Waals surface area contributed by atoms with E-state index in [1.807, 2.05) is 36.1 Å². The van der Waals surface area contributed by atoms with Gasteiger partial charge in [0.15, 0.2) is 11.7 Å². The van der Waals surface area contributed by atoms with Crippen LogP contribution in [0.5, 0.6) is 0 Å². The number of carbonyl (C=O) groups excluding carboxylic acids is 1. The van der Waals surface area contributed by atoms with Gasteiger partial charge in [-0.25, -0.2) is 9.37 Å². The van der Waals surface area contributed by atoms with Gasteiger partial charge < -0.3 is 13.8 Å². The van der Waals surface area contributed by atoms with Gasteiger partial charge >= 0.3 is 0 Å². The molecule has 35 heavy (non-hydrogen) atoms. The smallest absolute Gasteiger partial charge is 0.241 e. The van der Waals surface area contributed by atoms with E-state index < -0.39 is 0 Å². The minimum atomic E-state index is -0.303. The Balaban J connectivity index is 1.09. The van der Waals surface area contributed by atoms with Gasteiger partial charge in [0.1, 0.15) is 5.82 Å². The van der Waals surface area contributed by atoms with Crippen LogP contribution >= 0.6 is 0 Å². The molecule has 9 heteroatoms. The molecule has 1 amide bonds. The molecule has 4 aromatic rings. The first-order valence-electron chi connectivity index (χ1n) is 11.6. The quantitative estimate of drug-likeness (QED) is 0.397. The van der Waals surface area contributed by atoms with Gasteiger partial charge in [-0.05, 0) is 36.8 Å². The summed E-state index contributed by atoms with van der Waals surface area (Å²) in [5.41, 5.74) is 2.82. The minimum absolute atomic E-state index is 0.0748. The van der Waals surface area contributed by atoms with E-state index in [2.05, 4.69) is 20.0 Å². The topological polar surface area (TPSA) is 88.5 Å². The second-order valence-corrected chi connectivity index (χ2v) is 8.61. The van der Waals surface area contributed by atoms with Gasteiger partial charge in [-0.15, -0.1) is 0 Å². The number of oxazole rings is 1. The zero-order valence-electron chi connectivity index (χ0n) is 19.5. The highest BCUT2D eigenvalue weighted by molar-refractivity contribution is 5.76. The van der Waals surface area contributed by atoms with Crippen LogP contribution in [-0.4, -0.2) is 57.0 Å². The number of carbonyl (C=O) groups is 1. The Morgan fingerprint density at radius 1 is 1.03 bits per heavy atom. The highest BCUT2D eigenvalue weighted by atomic mass is 19.1. The Morgan fingerprint density at radius 2 is 1.80 bits per heavy atom. The number of hydrogen-bond donors (Lipinski definition) is 0. The Bertz CT molecular complexity index is 1290. The number of aromatic nitrogens is 3. The van der Waals surface area contributed by atoms with Crippen molar-refractivity contribution < 1.29 is 18.1 Å². The summed E-state index contributed by atoms with van der Waals surface area (Å²) in [6.45, 7) is 5.34. The van der Waals surface area contributed by atoms with E-state index in [1.54, 1.807) is 18.3 Å². The van der Waals surface area contributed by atoms with Crippen molar-refractivity contribution in [1.82, 2.24) is 24.9 Å². The van der Waals surface area contributed by atoms with E-state index in [0.29, 0.717) is 55.8 Å². The molecule has 2 aromatic heterocycles. The fourth-order valence-corrected chi connectivity index (χ4v) is 4.14. The van der Waals surface area contributed by atoms with Crippen LogP contribution in [0.2, 0.25) is 0 Å². The molecule has 2 aromatic carbocycles. The summed E-state index contributed by atoms with van der Waals surface area (Å²) >= 11 is 0. The zero-order chi connectivity index (χ0) is 24.2. The molecule has 0 unspecified atom stereocenters. The van der Waals surface area contributed by atoms with Crippen LogP contribution in [0.25, 0.3) is 22.7 Å². The molecule has 0 radical (unpaired) electrons. The standard InChI is InChI=1S/C26H26FN5O3/c1-18-4-2-3-5-21(18)26-29-24(35-30-26)17-31-12-14-32(15-13-31)25(33)11-10-23-28-16-22(34-23)19-6-8-20(27)9-7-19/h2-9,16H,10-15,17H2,1H3. The van der Waals surface area contributed by atoms with Crippen LogP contribution < -0.4 is 0 Å². The highest BCUT2D eigenvalue weighted by Crippen LogP contribution is 2.22. The molecule has 5 rings (SSSR count). The third-order valence-electron chi connectivity index (χ3n) is 6.17. The first-order chi connectivity index (χ1) is 17.0. The molecule has 0 aliphatic carbocycles. The highest BCUT2D eigenvalue weighted by Gasteiger charge is 2.23. The average Bonchev–Trinajstić information content (AvgIpc) is 3.54. The number of nitrogens with zero attached hydrogens (tertiary/aromatic N) is 5. The number of aryl methyl sites for hydroxylation is 2. The number of piperazine rings is 1. The predicted octanol–water partition coefficient (Wildman–Crippen LogP) is 4.12. The fraction of sp³-hybridized carbons (Fsp3) is 0.308. The summed E-state index contributed by atoms with van der Waals surface area (Å²) in [4.78, 5) is 25.6. The molecule has 1 aliphatic heterocycles. The van der Waals surface area contributed by atoms with Crippen LogP contribution in [0, 0.1) is 12.7 Å². The van der Waals surface area contributed by atoms with E-state index in [1.165, 1.54) is 12.1 Å². The summed E-state index contributed by atoms with van der Waals surface area (Å²) in [6, 6.07) is 14.0. The summed E-state index contributed by atoms with van der Waals surface area (Å²) in [5.74, 6) is 2.00. The van der Waals surface area contributed by atoms with Gasteiger partial charge in [-0.3, -0.25) is 9.69 Å². The molecule has 0 spiro atoms. The Morgan fingerprint density at radius 3 is 2.57 bits per heavy atom. The van der Waals surface area contributed by atoms with Crippen LogP contribution in [0.4, 0.5) is 4.39 Å². The van der Waals surface area contributed by atoms with Crippen LogP contribution in [0.15, 0.2) is 63.7 Å². The molecule has 1 fully saturated rings. The lowest BCUT2D eigenvalue weighted by Crippen LogP contribution is -2.48. The lowest BCUT2D eigenvalue weighted by atomic mass is 10.1. The Kier molecular flexibility index (Phi) is 6.67. The van der Waals surface area contributed by atoms with Gasteiger partial charge in [-0.1, -0.05) is 29.4 Å². The fourth-order valence-electron chi connectivity index (χ4n) is 4.14. The molecule has 1 saturated heterocycles. The number of rotatable bonds is 7. The van der Waals surface area contributed by atoms with Gasteiger partial charge in [-0.2, -0.15) is 4.98 Å². The number of benzene rings is 2. The second-order valence-electron chi connectivity index (χ2n) is 8.61. The third-order valence-corrected chi connectivity index (χ3v) is 6.17. The normalized spacial score (nSPS) is 14.4. The maximum absolute atomic E-state index is 13.1. The minimum Gasteiger partial charge on any atom is -0.441 e. The van der Waals surface area contributed by atoms with E-state index in [9.17, 15) is 9.18 Å². The molecule has 0 N–H and O–H groups in total. The van der Waals surface area contributed by atoms with E-state index in [4.69, 9.17) is 8.94 Å². The van der Waals surface area contributed by atoms with Crippen LogP contribution in [0.1, 0.15) is 23.8 Å². The second kappa shape index (κ2) is 10.2. The molecule has 8 nitrogen and oxygen atoms in total. The van der Waals surface area contributed by atoms with Crippen molar-refractivity contribution in [3.63, 3.8) is 0 Å². The van der Waals surface area contributed by atoms with E-state index >= 15 is 0 Å². The molecule has 0 bridgehead atoms. The van der Waals surface area contributed by atoms with E-state index in [-0.39, 0.29) is 11.7 Å². The van der Waals surface area contributed by atoms with Crippen LogP contribution in [-0.2, 0) is 17.8 Å². The lowest BCUT2D eigenvalue weighted by molar-refractivity contribution is -0.133. The lowest BCUT2D eigenvalue weighted by Gasteiger charge is -2.33. The molecule has 3 heterocycles. The summed E-state index contributed by atoms with van der Waals surface area (Å²) in [5, 5.41) is 4.13. The van der Waals surface area contributed by atoms with Crippen molar-refractivity contribution in [1.29, 1.82) is 0 Å². The first-order valence-corrected chi connectivity index (χ1v) is 11.6. The van der Waals surface area contributed by atoms with Gasteiger partial charge in [0.25, 0.3) is 0 Å². The van der Waals surface area contributed by atoms with Crippen molar-refractivity contribution in [2.24, 2.45) is 0 Å². The predicted molar refractivity (Wildman–Crippen MR) is 127 cm³/mol. The maximum Gasteiger partial charge on any atom is 0.241 e. The SMILES string of the molecule is Cc1ccccc1-c1noc(CN2CCN(C(=O)CCc3ncc(-c4ccc(F)cc4)o3)CC2)n1. The largest absolute Gasteiger partial charge is 0.441 e. The number of amides is 1. The maximum atomic E-state index is 13.1. The molecular weight excluding hydrogens is 449 g/mol. The Labute approximate surface area is 202 Å². The van der Waals surface area contributed by atoms with Gasteiger partial charge in [0.05, 0.1) is 12.7 Å². The summed E-state index contributed by atoms with van der Waals surface area (Å²) in [7, 11) is 0. The first kappa shape index (κ1) is 22.9. The monoisotopic (exact) mass is 475 g/mol. The Hall–Kier alpha value is -3.85. The third kappa shape index (κ3) is 5.46. The number of hydrogen-bond acceptors (Lipinski definition) is 7. The molecule has 0 atom stereocenters. The molecular formula is C26H26FN5O3. The van der Waals surface area contributed by atoms with Crippen molar-refractivity contribution in [3.05, 3.63) is 77.9 Å². The molecule has 1 aliphatic rings. The van der Waals surface area contributed by atoms with Crippen molar-refractivity contribution >= 4 is 5.91 Å². The summed E-state index contributed by atoms with van der Waals surface area (Å²) in [6.07, 6.45) is 2.35. The van der Waals surface area contributed by atoms with Crippen molar-refractivity contribution in [3.8, 4) is 22.7 Å². The summed E-state index contributed by atoms with van der Waals surface area (Å²) < 4.78 is 24.3. The molecule has 0 saturated carbocycles. The van der Waals surface area contributed by atoms with Crippen LogP contribution in [0.3, 0.4) is 0 Å². The van der Waals surface area contributed by atoms with E-state index in [0.717, 1.165) is 29.8 Å². The van der Waals surface area contributed by atoms with Gasteiger partial charge in [0, 0.05) is 50.1 Å². The van der Waals surface area contributed by atoms with Crippen molar-refractivity contribution in [2.75, 3.05) is 26.2 Å². The van der Waals surface area contributed by atoms with Crippen molar-refractivity contribution in [2.45, 2.75) is 26.3 Å². The molecule has 180 valence electrons. The number of halogens is 1. The zero-order valence-corrected chi connectivity index (χ0v) is 19.5. The average molecular weight is 476 g/mol. The van der Waals surface area contributed by atoms with Gasteiger partial charge in [0.2, 0.25) is 17.6 Å².